The second-order valence-corrected chi connectivity index (χ2v) is 9.66. The van der Waals surface area contributed by atoms with Gasteiger partial charge in [-0.2, -0.15) is 5.01 Å². The van der Waals surface area contributed by atoms with Gasteiger partial charge in [0.2, 0.25) is 0 Å². The lowest BCUT2D eigenvalue weighted by Crippen LogP contribution is -2.73. The summed E-state index contributed by atoms with van der Waals surface area (Å²) >= 11 is 0. The lowest BCUT2D eigenvalue weighted by atomic mass is 9.84. The molecule has 16 nitrogen and oxygen atoms in total. The number of nitrogens with zero attached hydrogens (tertiary/aromatic N) is 4. The van der Waals surface area contributed by atoms with Gasteiger partial charge in [0.1, 0.15) is 6.54 Å². The number of aliphatic carboxylic acids is 1. The van der Waals surface area contributed by atoms with Crippen molar-refractivity contribution in [3.8, 4) is 0 Å². The SMILES string of the molecule is CC(=O)[C@@]1(CCCNC(=O)c2ccc(N=C(N)N)cc2)C(=O)N(CC(=O)O)CCN1NC(=O)c1ccc(N=C(N)N)cc1.Cl.Cl. The highest BCUT2D eigenvalue weighted by Crippen LogP contribution is 2.29. The number of ketones is 1. The van der Waals surface area contributed by atoms with Gasteiger partial charge in [-0.3, -0.25) is 29.4 Å². The maximum Gasteiger partial charge on any atom is 0.323 e. The van der Waals surface area contributed by atoms with E-state index in [4.69, 9.17) is 22.9 Å². The molecular formula is C27H36Cl2N10O6. The molecule has 11 N–H and O–H groups in total. The minimum absolute atomic E-state index is 0. The summed E-state index contributed by atoms with van der Waals surface area (Å²) in [4.78, 5) is 72.8. The van der Waals surface area contributed by atoms with Crippen LogP contribution in [0.2, 0.25) is 0 Å². The number of guanidine groups is 2. The Kier molecular flexibility index (Phi) is 14.2. The number of nitrogens with two attached hydrogens (primary N) is 4. The second-order valence-electron chi connectivity index (χ2n) is 9.66. The van der Waals surface area contributed by atoms with Crippen molar-refractivity contribution in [3.05, 3.63) is 59.7 Å². The zero-order valence-corrected chi connectivity index (χ0v) is 25.9. The molecule has 1 atom stereocenters. The van der Waals surface area contributed by atoms with Gasteiger partial charge >= 0.3 is 5.97 Å². The summed E-state index contributed by atoms with van der Waals surface area (Å²) < 4.78 is 0. The monoisotopic (exact) mass is 666 g/mol. The van der Waals surface area contributed by atoms with E-state index in [2.05, 4.69) is 20.7 Å². The number of carboxylic acid groups (broad SMARTS) is 1. The molecule has 0 aromatic heterocycles. The van der Waals surface area contributed by atoms with Crippen LogP contribution in [0.5, 0.6) is 0 Å². The molecule has 0 spiro atoms. The number of halogens is 2. The number of hydrogen-bond acceptors (Lipinski definition) is 8. The normalized spacial score (nSPS) is 15.8. The molecule has 3 rings (SSSR count). The van der Waals surface area contributed by atoms with Gasteiger partial charge in [-0.15, -0.1) is 24.8 Å². The standard InChI is InChI=1S/C27H34N10O6.2ClH/c1-16(38)27(11-2-12-32-22(41)17-3-7-19(8-4-17)33-25(28)29)24(43)36(15-21(39)40)13-14-37(27)35-23(42)18-5-9-20(10-6-18)34-26(30)31;;/h3-10H,2,11-15H2,1H3,(H,32,41)(H,35,42)(H,39,40)(H4,28,29,33)(H4,30,31,34);2*1H/t27-;;/m0../s1. The van der Waals surface area contributed by atoms with Crippen LogP contribution in [-0.2, 0) is 14.4 Å². The number of hydrazine groups is 1. The maximum atomic E-state index is 13.7. The average Bonchev–Trinajstić information content (AvgIpc) is 2.93. The van der Waals surface area contributed by atoms with Crippen molar-refractivity contribution in [3.63, 3.8) is 0 Å². The second kappa shape index (κ2) is 16.8. The Morgan fingerprint density at radius 2 is 1.33 bits per heavy atom. The number of Topliss-reactive ketones (excluding diaryl/α,β-unsaturated/α-hetero) is 1. The predicted octanol–water partition coefficient (Wildman–Crippen LogP) is -0.248. The molecular weight excluding hydrogens is 631 g/mol. The first kappa shape index (κ1) is 38.1. The number of hydrogen-bond donors (Lipinski definition) is 7. The fourth-order valence-corrected chi connectivity index (χ4v) is 4.62. The topological polar surface area (TPSA) is 265 Å². The van der Waals surface area contributed by atoms with Crippen LogP contribution in [0, 0.1) is 0 Å². The summed E-state index contributed by atoms with van der Waals surface area (Å²) in [7, 11) is 0. The number of carbonyl (C=O) groups excluding carboxylic acids is 4. The van der Waals surface area contributed by atoms with Crippen molar-refractivity contribution >= 4 is 77.6 Å². The molecule has 0 unspecified atom stereocenters. The Balaban J connectivity index is 0.00000506. The summed E-state index contributed by atoms with van der Waals surface area (Å²) in [5.74, 6) is -3.91. The largest absolute Gasteiger partial charge is 0.480 e. The Morgan fingerprint density at radius 1 is 0.844 bits per heavy atom. The summed E-state index contributed by atoms with van der Waals surface area (Å²) in [6.45, 7) is 0.585. The highest BCUT2D eigenvalue weighted by atomic mass is 35.5. The number of nitrogens with one attached hydrogen (secondary N) is 2. The molecule has 3 amide bonds. The van der Waals surface area contributed by atoms with E-state index in [1.165, 1.54) is 48.3 Å². The summed E-state index contributed by atoms with van der Waals surface area (Å²) in [5, 5.41) is 13.3. The number of piperazine rings is 1. The van der Waals surface area contributed by atoms with E-state index in [-0.39, 0.29) is 74.8 Å². The Hall–Kier alpha value is -4.93. The van der Waals surface area contributed by atoms with Crippen molar-refractivity contribution in [2.24, 2.45) is 32.9 Å². The molecule has 2 aromatic carbocycles. The third-order valence-electron chi connectivity index (χ3n) is 6.62. The summed E-state index contributed by atoms with van der Waals surface area (Å²) in [6.07, 6.45) is 0.0222. The molecule has 1 aliphatic heterocycles. The highest BCUT2D eigenvalue weighted by Gasteiger charge is 2.53. The minimum atomic E-state index is -1.91. The zero-order valence-electron chi connectivity index (χ0n) is 24.3. The van der Waals surface area contributed by atoms with E-state index in [0.717, 1.165) is 4.90 Å². The van der Waals surface area contributed by atoms with E-state index < -0.39 is 41.6 Å². The van der Waals surface area contributed by atoms with Crippen molar-refractivity contribution in [1.82, 2.24) is 20.7 Å². The van der Waals surface area contributed by atoms with Gasteiger partial charge in [-0.25, -0.2) is 9.98 Å². The Morgan fingerprint density at radius 3 is 1.78 bits per heavy atom. The van der Waals surface area contributed by atoms with Crippen LogP contribution in [0.4, 0.5) is 11.4 Å². The number of carboxylic acids is 1. The molecule has 45 heavy (non-hydrogen) atoms. The quantitative estimate of drug-likeness (QED) is 0.0671. The van der Waals surface area contributed by atoms with Crippen molar-refractivity contribution in [2.75, 3.05) is 26.2 Å². The molecule has 0 saturated carbocycles. The van der Waals surface area contributed by atoms with Crippen molar-refractivity contribution in [1.29, 1.82) is 0 Å². The van der Waals surface area contributed by atoms with Crippen LogP contribution in [0.1, 0.15) is 40.5 Å². The van der Waals surface area contributed by atoms with E-state index in [1.54, 1.807) is 12.1 Å². The minimum Gasteiger partial charge on any atom is -0.480 e. The number of benzene rings is 2. The van der Waals surface area contributed by atoms with E-state index in [9.17, 15) is 29.1 Å². The third kappa shape index (κ3) is 9.79. The van der Waals surface area contributed by atoms with Gasteiger partial charge in [-0.05, 0) is 68.3 Å². The number of amides is 3. The molecule has 1 aliphatic rings. The first-order chi connectivity index (χ1) is 20.3. The van der Waals surface area contributed by atoms with E-state index in [1.807, 2.05) is 0 Å². The van der Waals surface area contributed by atoms with Gasteiger partial charge in [0.25, 0.3) is 17.7 Å². The fraction of sp³-hybridized carbons (Fsp3) is 0.296. The maximum absolute atomic E-state index is 13.7. The van der Waals surface area contributed by atoms with E-state index in [0.29, 0.717) is 16.9 Å². The highest BCUT2D eigenvalue weighted by molar-refractivity contribution is 6.11. The lowest BCUT2D eigenvalue weighted by Gasteiger charge is -2.47. The first-order valence-electron chi connectivity index (χ1n) is 13.1. The fourth-order valence-electron chi connectivity index (χ4n) is 4.62. The van der Waals surface area contributed by atoms with Crippen molar-refractivity contribution < 1.29 is 29.1 Å². The summed E-state index contributed by atoms with van der Waals surface area (Å²) in [6, 6.07) is 12.1. The van der Waals surface area contributed by atoms with Gasteiger partial charge < -0.3 is 38.3 Å². The van der Waals surface area contributed by atoms with Crippen LogP contribution in [0.15, 0.2) is 58.5 Å². The number of carbonyl (C=O) groups is 5. The molecule has 18 heteroatoms. The number of aliphatic imine (C=N–C) groups is 2. The molecule has 1 saturated heterocycles. The van der Waals surface area contributed by atoms with Gasteiger partial charge in [0.05, 0.1) is 11.4 Å². The third-order valence-corrected chi connectivity index (χ3v) is 6.62. The molecule has 1 heterocycles. The summed E-state index contributed by atoms with van der Waals surface area (Å²) in [5.41, 5.74) is 23.6. The van der Waals surface area contributed by atoms with Crippen LogP contribution < -0.4 is 33.7 Å². The lowest BCUT2D eigenvalue weighted by molar-refractivity contribution is -0.165. The molecule has 1 fully saturated rings. The van der Waals surface area contributed by atoms with Gasteiger partial charge in [0.15, 0.2) is 23.2 Å². The Labute approximate surface area is 271 Å². The van der Waals surface area contributed by atoms with Crippen LogP contribution in [-0.4, -0.2) is 88.1 Å². The Bertz CT molecular complexity index is 1440. The average molecular weight is 668 g/mol. The molecule has 2 aromatic rings. The predicted molar refractivity (Wildman–Crippen MR) is 172 cm³/mol. The molecule has 0 radical (unpaired) electrons. The van der Waals surface area contributed by atoms with Crippen LogP contribution >= 0.6 is 24.8 Å². The van der Waals surface area contributed by atoms with Crippen molar-refractivity contribution in [2.45, 2.75) is 25.3 Å². The van der Waals surface area contributed by atoms with Gasteiger partial charge in [0, 0.05) is 30.8 Å². The number of rotatable bonds is 12. The molecule has 0 aliphatic carbocycles. The van der Waals surface area contributed by atoms with Crippen LogP contribution in [0.25, 0.3) is 0 Å². The zero-order chi connectivity index (χ0) is 31.7. The van der Waals surface area contributed by atoms with Gasteiger partial charge in [-0.1, -0.05) is 0 Å². The smallest absolute Gasteiger partial charge is 0.323 e. The van der Waals surface area contributed by atoms with E-state index >= 15 is 0 Å². The first-order valence-corrected chi connectivity index (χ1v) is 13.1. The molecule has 0 bridgehead atoms. The molecule has 244 valence electrons. The van der Waals surface area contributed by atoms with Crippen LogP contribution in [0.3, 0.4) is 0 Å².